The molecule has 0 saturated carbocycles. The van der Waals surface area contributed by atoms with E-state index >= 15 is 0 Å². The number of nitrogens with zero attached hydrogens (tertiary/aromatic N) is 4. The van der Waals surface area contributed by atoms with Gasteiger partial charge in [0, 0.05) is 13.1 Å². The van der Waals surface area contributed by atoms with Crippen LogP contribution >= 0.6 is 0 Å². The van der Waals surface area contributed by atoms with Crippen molar-refractivity contribution < 1.29 is 14.7 Å². The molecule has 3 rings (SSSR count). The van der Waals surface area contributed by atoms with E-state index in [2.05, 4.69) is 15.4 Å². The first-order valence-electron chi connectivity index (χ1n) is 9.18. The second kappa shape index (κ2) is 8.20. The lowest BCUT2D eigenvalue weighted by Crippen LogP contribution is -2.47. The first kappa shape index (κ1) is 18.9. The van der Waals surface area contributed by atoms with Gasteiger partial charge in [-0.3, -0.25) is 4.79 Å². The highest BCUT2D eigenvalue weighted by Crippen LogP contribution is 2.24. The maximum absolute atomic E-state index is 12.7. The fourth-order valence-corrected chi connectivity index (χ4v) is 3.49. The number of aliphatic carboxylic acids is 1. The van der Waals surface area contributed by atoms with Crippen molar-refractivity contribution in [1.29, 1.82) is 0 Å². The van der Waals surface area contributed by atoms with Crippen LogP contribution in [0.3, 0.4) is 0 Å². The van der Waals surface area contributed by atoms with E-state index in [4.69, 9.17) is 5.11 Å². The van der Waals surface area contributed by atoms with E-state index in [0.717, 1.165) is 11.1 Å². The van der Waals surface area contributed by atoms with Crippen LogP contribution in [0.2, 0.25) is 0 Å². The molecule has 2 amide bonds. The molecule has 1 fully saturated rings. The summed E-state index contributed by atoms with van der Waals surface area (Å²) in [5.74, 6) is -1.34. The summed E-state index contributed by atoms with van der Waals surface area (Å²) in [6.07, 6.45) is 4.31. The van der Waals surface area contributed by atoms with Crippen LogP contribution in [0.5, 0.6) is 0 Å². The first-order valence-corrected chi connectivity index (χ1v) is 9.18. The molecule has 8 heteroatoms. The Kier molecular flexibility index (Phi) is 5.73. The predicted molar refractivity (Wildman–Crippen MR) is 99.3 cm³/mol. The van der Waals surface area contributed by atoms with E-state index in [1.54, 1.807) is 15.9 Å². The summed E-state index contributed by atoms with van der Waals surface area (Å²) in [5, 5.41) is 16.5. The summed E-state index contributed by atoms with van der Waals surface area (Å²) < 4.78 is 1.75. The van der Waals surface area contributed by atoms with Crippen molar-refractivity contribution in [3.8, 4) is 0 Å². The molecule has 2 aromatic rings. The molecule has 0 bridgehead atoms. The van der Waals surface area contributed by atoms with Crippen molar-refractivity contribution in [1.82, 2.24) is 25.0 Å². The number of likely N-dealkylation sites (tertiary alicyclic amines) is 1. The monoisotopic (exact) mass is 371 g/mol. The number of hydrogen-bond acceptors (Lipinski definition) is 4. The lowest BCUT2D eigenvalue weighted by molar-refractivity contribution is -0.141. The number of nitrogens with one attached hydrogen (secondary N) is 1. The van der Waals surface area contributed by atoms with Gasteiger partial charge >= 0.3 is 12.0 Å². The number of urea groups is 1. The van der Waals surface area contributed by atoms with Gasteiger partial charge in [-0.2, -0.15) is 5.10 Å². The fourth-order valence-electron chi connectivity index (χ4n) is 3.49. The highest BCUT2D eigenvalue weighted by Gasteiger charge is 2.33. The molecule has 3 atom stereocenters. The quantitative estimate of drug-likeness (QED) is 0.810. The zero-order valence-corrected chi connectivity index (χ0v) is 15.6. The molecule has 3 unspecified atom stereocenters. The zero-order chi connectivity index (χ0) is 19.4. The normalized spacial score (nSPS) is 18.9. The molecular weight excluding hydrogens is 346 g/mol. The Morgan fingerprint density at radius 1 is 1.33 bits per heavy atom. The number of carbonyl (C=O) groups is 2. The molecule has 8 nitrogen and oxygen atoms in total. The standard InChI is InChI=1S/C19H25N5O3/c1-3-16(22-19(27)23-9-8-15(10-23)18(25)26)17(24-12-20-11-21-24)14-6-4-13(2)5-7-14/h4-7,11-12,15-17H,3,8-10H2,1-2H3,(H,22,27)(H,25,26). The molecule has 0 spiro atoms. The SMILES string of the molecule is CCC(NC(=O)N1CCC(C(=O)O)C1)C(c1ccc(C)cc1)n1cncn1. The molecule has 1 aliphatic rings. The first-order chi connectivity index (χ1) is 13.0. The molecule has 2 heterocycles. The highest BCUT2D eigenvalue weighted by atomic mass is 16.4. The van der Waals surface area contributed by atoms with Crippen LogP contribution in [-0.2, 0) is 4.79 Å². The summed E-state index contributed by atoms with van der Waals surface area (Å²) in [5.41, 5.74) is 2.19. The fraction of sp³-hybridized carbons (Fsp3) is 0.474. The van der Waals surface area contributed by atoms with Crippen molar-refractivity contribution in [3.63, 3.8) is 0 Å². The molecule has 0 radical (unpaired) electrons. The summed E-state index contributed by atoms with van der Waals surface area (Å²) >= 11 is 0. The van der Waals surface area contributed by atoms with Crippen LogP contribution in [0.1, 0.15) is 36.9 Å². The van der Waals surface area contributed by atoms with Crippen molar-refractivity contribution in [2.24, 2.45) is 5.92 Å². The third-order valence-corrected chi connectivity index (χ3v) is 5.10. The smallest absolute Gasteiger partial charge is 0.317 e. The Hall–Kier alpha value is -2.90. The van der Waals surface area contributed by atoms with Crippen LogP contribution in [0.25, 0.3) is 0 Å². The van der Waals surface area contributed by atoms with E-state index in [9.17, 15) is 9.59 Å². The van der Waals surface area contributed by atoms with E-state index in [-0.39, 0.29) is 24.7 Å². The van der Waals surface area contributed by atoms with Gasteiger partial charge in [0.25, 0.3) is 0 Å². The number of rotatable bonds is 6. The minimum atomic E-state index is -0.850. The van der Waals surface area contributed by atoms with Crippen LogP contribution in [-0.4, -0.2) is 55.9 Å². The molecule has 1 aliphatic heterocycles. The number of carbonyl (C=O) groups excluding carboxylic acids is 1. The predicted octanol–water partition coefficient (Wildman–Crippen LogP) is 2.07. The molecule has 2 N–H and O–H groups in total. The molecule has 1 aromatic carbocycles. The van der Waals surface area contributed by atoms with Crippen LogP contribution in [0, 0.1) is 12.8 Å². The van der Waals surface area contributed by atoms with Crippen molar-refractivity contribution >= 4 is 12.0 Å². The molecule has 27 heavy (non-hydrogen) atoms. The van der Waals surface area contributed by atoms with E-state index in [1.165, 1.54) is 6.33 Å². The Morgan fingerprint density at radius 3 is 2.63 bits per heavy atom. The maximum atomic E-state index is 12.7. The Bertz CT molecular complexity index is 775. The zero-order valence-electron chi connectivity index (χ0n) is 15.6. The second-order valence-electron chi connectivity index (χ2n) is 6.97. The number of amides is 2. The maximum Gasteiger partial charge on any atom is 0.317 e. The Labute approximate surface area is 158 Å². The topological polar surface area (TPSA) is 100 Å². The molecule has 144 valence electrons. The van der Waals surface area contributed by atoms with Crippen LogP contribution in [0.4, 0.5) is 4.79 Å². The van der Waals surface area contributed by atoms with Gasteiger partial charge in [-0.15, -0.1) is 0 Å². The average molecular weight is 371 g/mol. The molecule has 1 saturated heterocycles. The largest absolute Gasteiger partial charge is 0.481 e. The number of carboxylic acid groups (broad SMARTS) is 1. The summed E-state index contributed by atoms with van der Waals surface area (Å²) in [6, 6.07) is 7.51. The number of aromatic nitrogens is 3. The minimum Gasteiger partial charge on any atom is -0.481 e. The minimum absolute atomic E-state index is 0.195. The van der Waals surface area contributed by atoms with Gasteiger partial charge in [0.15, 0.2) is 0 Å². The third kappa shape index (κ3) is 4.27. The lowest BCUT2D eigenvalue weighted by atomic mass is 9.96. The van der Waals surface area contributed by atoms with Crippen LogP contribution < -0.4 is 5.32 Å². The third-order valence-electron chi connectivity index (χ3n) is 5.10. The van der Waals surface area contributed by atoms with E-state index in [1.807, 2.05) is 38.1 Å². The average Bonchev–Trinajstić information content (AvgIpc) is 3.34. The van der Waals surface area contributed by atoms with Crippen molar-refractivity contribution in [2.75, 3.05) is 13.1 Å². The van der Waals surface area contributed by atoms with Crippen LogP contribution in [0.15, 0.2) is 36.9 Å². The molecular formula is C19H25N5O3. The van der Waals surface area contributed by atoms with Gasteiger partial charge in [0.1, 0.15) is 12.7 Å². The molecule has 1 aromatic heterocycles. The van der Waals surface area contributed by atoms with Gasteiger partial charge in [-0.05, 0) is 25.3 Å². The summed E-state index contributed by atoms with van der Waals surface area (Å²) in [6.45, 7) is 4.74. The van der Waals surface area contributed by atoms with Gasteiger partial charge in [-0.25, -0.2) is 14.5 Å². The Morgan fingerprint density at radius 2 is 2.07 bits per heavy atom. The lowest BCUT2D eigenvalue weighted by Gasteiger charge is -2.29. The van der Waals surface area contributed by atoms with E-state index in [0.29, 0.717) is 19.4 Å². The van der Waals surface area contributed by atoms with E-state index < -0.39 is 11.9 Å². The number of hydrogen-bond donors (Lipinski definition) is 2. The highest BCUT2D eigenvalue weighted by molar-refractivity contribution is 5.77. The molecule has 0 aliphatic carbocycles. The van der Waals surface area contributed by atoms with Gasteiger partial charge in [0.2, 0.25) is 0 Å². The summed E-state index contributed by atoms with van der Waals surface area (Å²) in [4.78, 5) is 29.5. The van der Waals surface area contributed by atoms with Crippen molar-refractivity contribution in [3.05, 3.63) is 48.0 Å². The summed E-state index contributed by atoms with van der Waals surface area (Å²) in [7, 11) is 0. The number of aryl methyl sites for hydroxylation is 1. The van der Waals surface area contributed by atoms with Gasteiger partial charge in [0.05, 0.1) is 18.0 Å². The number of carboxylic acids is 1. The Balaban J connectivity index is 1.79. The van der Waals surface area contributed by atoms with Gasteiger partial charge < -0.3 is 15.3 Å². The second-order valence-corrected chi connectivity index (χ2v) is 6.97. The van der Waals surface area contributed by atoms with Gasteiger partial charge in [-0.1, -0.05) is 36.8 Å². The number of benzene rings is 1. The van der Waals surface area contributed by atoms with Crippen molar-refractivity contribution in [2.45, 2.75) is 38.8 Å².